The lowest BCUT2D eigenvalue weighted by atomic mass is 9.84. The molecule has 2 amide bonds. The van der Waals surface area contributed by atoms with Crippen molar-refractivity contribution in [3.63, 3.8) is 0 Å². The highest BCUT2D eigenvalue weighted by molar-refractivity contribution is 7.98. The average Bonchev–Trinajstić information content (AvgIpc) is 3.01. The Morgan fingerprint density at radius 2 is 1.80 bits per heavy atom. The lowest BCUT2D eigenvalue weighted by Gasteiger charge is -2.21. The Hall–Kier alpha value is -1.29. The van der Waals surface area contributed by atoms with E-state index in [1.807, 2.05) is 30.5 Å². The largest absolute Gasteiger partial charge is 0.278 e. The Morgan fingerprint density at radius 1 is 1.15 bits per heavy atom. The number of amides is 2. The Morgan fingerprint density at radius 3 is 2.40 bits per heavy atom. The minimum Gasteiger partial charge on any atom is -0.278 e. The van der Waals surface area contributed by atoms with Gasteiger partial charge in [0.05, 0.1) is 12.0 Å². The lowest BCUT2D eigenvalue weighted by molar-refractivity contribution is -0.142. The zero-order valence-corrected chi connectivity index (χ0v) is 12.5. The van der Waals surface area contributed by atoms with Crippen molar-refractivity contribution in [2.45, 2.75) is 43.5 Å². The van der Waals surface area contributed by atoms with Gasteiger partial charge in [-0.2, -0.15) is 0 Å². The molecule has 4 heteroatoms. The molecule has 3 nitrogen and oxygen atoms in total. The first-order valence-corrected chi connectivity index (χ1v) is 8.35. The molecular formula is C16H19NO2S. The van der Waals surface area contributed by atoms with E-state index in [-0.39, 0.29) is 17.2 Å². The molecule has 1 saturated heterocycles. The quantitative estimate of drug-likeness (QED) is 0.633. The number of hydrogen-bond donors (Lipinski definition) is 0. The van der Waals surface area contributed by atoms with E-state index < -0.39 is 0 Å². The number of imide groups is 1. The smallest absolute Gasteiger partial charge is 0.236 e. The van der Waals surface area contributed by atoms with Crippen molar-refractivity contribution < 1.29 is 9.59 Å². The fraction of sp³-hybridized carbons (Fsp3) is 0.500. The standard InChI is InChI=1S/C16H19NO2S/c1-20-13-6-4-12(5-7-13)11-17-14(18)10-16(15(17)19)8-2-3-9-16/h4-7H,2-3,8-11H2,1H3. The Labute approximate surface area is 123 Å². The normalized spacial score (nSPS) is 21.1. The van der Waals surface area contributed by atoms with Crippen LogP contribution in [0.15, 0.2) is 29.2 Å². The molecule has 0 unspecified atom stereocenters. The highest BCUT2D eigenvalue weighted by atomic mass is 32.2. The van der Waals surface area contributed by atoms with E-state index in [1.54, 1.807) is 11.8 Å². The predicted octanol–water partition coefficient (Wildman–Crippen LogP) is 3.23. The second-order valence-electron chi connectivity index (χ2n) is 5.80. The van der Waals surface area contributed by atoms with Gasteiger partial charge >= 0.3 is 0 Å². The van der Waals surface area contributed by atoms with Crippen LogP contribution in [-0.4, -0.2) is 23.0 Å². The summed E-state index contributed by atoms with van der Waals surface area (Å²) in [5, 5.41) is 0. The van der Waals surface area contributed by atoms with E-state index >= 15 is 0 Å². The molecule has 2 fully saturated rings. The molecule has 0 radical (unpaired) electrons. The van der Waals surface area contributed by atoms with Crippen molar-refractivity contribution in [2.24, 2.45) is 5.41 Å². The number of hydrogen-bond acceptors (Lipinski definition) is 3. The molecule has 20 heavy (non-hydrogen) atoms. The fourth-order valence-corrected chi connectivity index (χ4v) is 3.78. The van der Waals surface area contributed by atoms with E-state index in [1.165, 1.54) is 9.80 Å². The Kier molecular flexibility index (Phi) is 3.59. The van der Waals surface area contributed by atoms with Gasteiger partial charge in [0.15, 0.2) is 0 Å². The number of nitrogens with zero attached hydrogens (tertiary/aromatic N) is 1. The van der Waals surface area contributed by atoms with Gasteiger partial charge in [-0.1, -0.05) is 25.0 Å². The zero-order chi connectivity index (χ0) is 14.2. The molecule has 2 aliphatic rings. The summed E-state index contributed by atoms with van der Waals surface area (Å²) in [6.07, 6.45) is 6.39. The molecule has 1 spiro atoms. The number of likely N-dealkylation sites (tertiary alicyclic amines) is 1. The third kappa shape index (κ3) is 2.26. The molecule has 0 aromatic heterocycles. The average molecular weight is 289 g/mol. The Balaban J connectivity index is 1.76. The topological polar surface area (TPSA) is 37.4 Å². The molecule has 0 atom stereocenters. The van der Waals surface area contributed by atoms with Crippen LogP contribution in [0.3, 0.4) is 0 Å². The first kappa shape index (κ1) is 13.7. The summed E-state index contributed by atoms with van der Waals surface area (Å²) in [5.74, 6) is 0.0692. The summed E-state index contributed by atoms with van der Waals surface area (Å²) in [7, 11) is 0. The third-order valence-electron chi connectivity index (χ3n) is 4.55. The number of thioether (sulfide) groups is 1. The Bertz CT molecular complexity index is 532. The predicted molar refractivity (Wildman–Crippen MR) is 79.3 cm³/mol. The van der Waals surface area contributed by atoms with E-state index in [4.69, 9.17) is 0 Å². The lowest BCUT2D eigenvalue weighted by Crippen LogP contribution is -2.33. The second-order valence-corrected chi connectivity index (χ2v) is 6.68. The maximum absolute atomic E-state index is 12.6. The van der Waals surface area contributed by atoms with Gasteiger partial charge in [0.2, 0.25) is 11.8 Å². The first-order chi connectivity index (χ1) is 9.64. The van der Waals surface area contributed by atoms with E-state index in [2.05, 4.69) is 0 Å². The van der Waals surface area contributed by atoms with Crippen LogP contribution in [0, 0.1) is 5.41 Å². The second kappa shape index (κ2) is 5.24. The van der Waals surface area contributed by atoms with Crippen molar-refractivity contribution in [3.05, 3.63) is 29.8 Å². The molecule has 0 N–H and O–H groups in total. The number of carbonyl (C=O) groups is 2. The number of benzene rings is 1. The number of carbonyl (C=O) groups excluding carboxylic acids is 2. The first-order valence-electron chi connectivity index (χ1n) is 7.12. The molecular weight excluding hydrogens is 270 g/mol. The molecule has 0 bridgehead atoms. The van der Waals surface area contributed by atoms with Crippen molar-refractivity contribution in [1.29, 1.82) is 0 Å². The van der Waals surface area contributed by atoms with Crippen LogP contribution in [0.4, 0.5) is 0 Å². The van der Waals surface area contributed by atoms with Crippen molar-refractivity contribution in [2.75, 3.05) is 6.26 Å². The molecule has 106 valence electrons. The van der Waals surface area contributed by atoms with Crippen molar-refractivity contribution >= 4 is 23.6 Å². The van der Waals surface area contributed by atoms with Crippen molar-refractivity contribution in [3.8, 4) is 0 Å². The van der Waals surface area contributed by atoms with Gasteiger partial charge in [-0.05, 0) is 36.8 Å². The third-order valence-corrected chi connectivity index (χ3v) is 5.29. The van der Waals surface area contributed by atoms with Crippen molar-refractivity contribution in [1.82, 2.24) is 4.90 Å². The maximum atomic E-state index is 12.6. The van der Waals surface area contributed by atoms with Gasteiger partial charge in [0.1, 0.15) is 0 Å². The van der Waals surface area contributed by atoms with Crippen LogP contribution in [0.5, 0.6) is 0 Å². The SMILES string of the molecule is CSc1ccc(CN2C(=O)CC3(CCCC3)C2=O)cc1. The summed E-state index contributed by atoms with van der Waals surface area (Å²) in [6.45, 7) is 0.425. The summed E-state index contributed by atoms with van der Waals surface area (Å²) < 4.78 is 0. The molecule has 1 aromatic rings. The highest BCUT2D eigenvalue weighted by Crippen LogP contribution is 2.47. The highest BCUT2D eigenvalue weighted by Gasteiger charge is 2.52. The maximum Gasteiger partial charge on any atom is 0.236 e. The van der Waals surface area contributed by atoms with E-state index in [9.17, 15) is 9.59 Å². The summed E-state index contributed by atoms with van der Waals surface area (Å²) in [4.78, 5) is 27.4. The van der Waals surface area contributed by atoms with Crippen LogP contribution >= 0.6 is 11.8 Å². The number of rotatable bonds is 3. The molecule has 1 heterocycles. The van der Waals surface area contributed by atoms with Crippen LogP contribution in [0.1, 0.15) is 37.7 Å². The van der Waals surface area contributed by atoms with E-state index in [0.717, 1.165) is 31.2 Å². The van der Waals surface area contributed by atoms with Crippen LogP contribution in [0.2, 0.25) is 0 Å². The summed E-state index contributed by atoms with van der Waals surface area (Å²) >= 11 is 1.69. The molecule has 1 saturated carbocycles. The van der Waals surface area contributed by atoms with Crippen LogP contribution in [-0.2, 0) is 16.1 Å². The van der Waals surface area contributed by atoms with Crippen LogP contribution in [0.25, 0.3) is 0 Å². The fourth-order valence-electron chi connectivity index (χ4n) is 3.38. The van der Waals surface area contributed by atoms with Gasteiger partial charge in [-0.25, -0.2) is 0 Å². The molecule has 1 aliphatic heterocycles. The minimum absolute atomic E-state index is 0.00541. The summed E-state index contributed by atoms with van der Waals surface area (Å²) in [5.41, 5.74) is 0.676. The molecule has 1 aliphatic carbocycles. The molecule has 1 aromatic carbocycles. The van der Waals surface area contributed by atoms with Gasteiger partial charge < -0.3 is 0 Å². The van der Waals surface area contributed by atoms with E-state index in [0.29, 0.717) is 13.0 Å². The summed E-state index contributed by atoms with van der Waals surface area (Å²) in [6, 6.07) is 8.09. The van der Waals surface area contributed by atoms with Gasteiger partial charge in [0.25, 0.3) is 0 Å². The van der Waals surface area contributed by atoms with Gasteiger partial charge in [0, 0.05) is 11.3 Å². The van der Waals surface area contributed by atoms with Gasteiger partial charge in [-0.15, -0.1) is 11.8 Å². The molecule has 3 rings (SSSR count). The monoisotopic (exact) mass is 289 g/mol. The minimum atomic E-state index is -0.351. The van der Waals surface area contributed by atoms with Gasteiger partial charge in [-0.3, -0.25) is 14.5 Å². The zero-order valence-electron chi connectivity index (χ0n) is 11.7. The van der Waals surface area contributed by atoms with Crippen LogP contribution < -0.4 is 0 Å².